The molecule has 1 unspecified atom stereocenters. The largest absolute Gasteiger partial charge is 0.451 e. The highest BCUT2D eigenvalue weighted by atomic mass is 32.2. The van der Waals surface area contributed by atoms with Gasteiger partial charge in [-0.1, -0.05) is 6.92 Å². The van der Waals surface area contributed by atoms with E-state index in [2.05, 4.69) is 4.42 Å². The van der Waals surface area contributed by atoms with Crippen molar-refractivity contribution < 1.29 is 17.9 Å². The highest BCUT2D eigenvalue weighted by molar-refractivity contribution is 7.89. The van der Waals surface area contributed by atoms with E-state index in [1.165, 1.54) is 12.3 Å². The Bertz CT molecular complexity index is 381. The van der Waals surface area contributed by atoms with E-state index in [-0.39, 0.29) is 5.09 Å². The lowest BCUT2D eigenvalue weighted by molar-refractivity contribution is 0.173. The molecule has 1 atom stereocenters. The molecule has 5 nitrogen and oxygen atoms in total. The smallest absolute Gasteiger partial charge is 0.271 e. The topological polar surface area (TPSA) is 93.5 Å². The van der Waals surface area contributed by atoms with Crippen molar-refractivity contribution in [3.8, 4) is 0 Å². The molecule has 3 N–H and O–H groups in total. The van der Waals surface area contributed by atoms with Gasteiger partial charge in [-0.15, -0.1) is 0 Å². The molecule has 0 aliphatic carbocycles. The fourth-order valence-electron chi connectivity index (χ4n) is 0.890. The van der Waals surface area contributed by atoms with Gasteiger partial charge >= 0.3 is 0 Å². The Labute approximate surface area is 76.2 Å². The van der Waals surface area contributed by atoms with E-state index >= 15 is 0 Å². The first-order valence-electron chi connectivity index (χ1n) is 3.74. The molecule has 0 aromatic carbocycles. The molecule has 1 rings (SSSR count). The van der Waals surface area contributed by atoms with Gasteiger partial charge in [0.1, 0.15) is 0 Å². The molecule has 0 spiro atoms. The van der Waals surface area contributed by atoms with Crippen LogP contribution in [0.15, 0.2) is 21.8 Å². The number of aliphatic hydroxyl groups is 1. The average Bonchev–Trinajstić information content (AvgIpc) is 2.50. The summed E-state index contributed by atoms with van der Waals surface area (Å²) in [5.41, 5.74) is 0.423. The Morgan fingerprint density at radius 2 is 2.31 bits per heavy atom. The van der Waals surface area contributed by atoms with Crippen molar-refractivity contribution in [2.45, 2.75) is 24.5 Å². The third-order valence-electron chi connectivity index (χ3n) is 1.65. The quantitative estimate of drug-likeness (QED) is 0.745. The molecule has 0 saturated heterocycles. The van der Waals surface area contributed by atoms with Gasteiger partial charge in [0.05, 0.1) is 12.4 Å². The Morgan fingerprint density at radius 3 is 2.69 bits per heavy atom. The van der Waals surface area contributed by atoms with Crippen molar-refractivity contribution in [2.24, 2.45) is 5.14 Å². The molecular formula is C7H11NO4S. The number of furan rings is 1. The van der Waals surface area contributed by atoms with Crippen molar-refractivity contribution in [3.05, 3.63) is 17.9 Å². The Morgan fingerprint density at radius 1 is 1.69 bits per heavy atom. The number of nitrogens with two attached hydrogens (primary N) is 1. The van der Waals surface area contributed by atoms with Gasteiger partial charge in [0.2, 0.25) is 5.09 Å². The minimum absolute atomic E-state index is 0.324. The molecule has 13 heavy (non-hydrogen) atoms. The molecule has 1 aromatic heterocycles. The van der Waals surface area contributed by atoms with E-state index in [9.17, 15) is 13.5 Å². The zero-order chi connectivity index (χ0) is 10.1. The predicted octanol–water partition coefficient (Wildman–Crippen LogP) is 0.370. The first-order chi connectivity index (χ1) is 5.95. The van der Waals surface area contributed by atoms with Crippen LogP contribution in [0.4, 0.5) is 0 Å². The number of sulfonamides is 1. The van der Waals surface area contributed by atoms with Crippen LogP contribution in [0.1, 0.15) is 25.0 Å². The lowest BCUT2D eigenvalue weighted by Crippen LogP contribution is -2.10. The minimum Gasteiger partial charge on any atom is -0.451 e. The SMILES string of the molecule is CCC(O)c1coc(S(N)(=O)=O)c1. The number of aliphatic hydroxyl groups excluding tert-OH is 1. The first-order valence-corrected chi connectivity index (χ1v) is 5.29. The zero-order valence-electron chi connectivity index (χ0n) is 7.10. The number of hydrogen-bond acceptors (Lipinski definition) is 4. The fraction of sp³-hybridized carbons (Fsp3) is 0.429. The van der Waals surface area contributed by atoms with Crippen LogP contribution in [0, 0.1) is 0 Å². The summed E-state index contributed by atoms with van der Waals surface area (Å²) in [6, 6.07) is 1.23. The van der Waals surface area contributed by atoms with Gasteiger partial charge in [0.25, 0.3) is 10.0 Å². The Hall–Kier alpha value is -0.850. The van der Waals surface area contributed by atoms with Crippen LogP contribution < -0.4 is 5.14 Å². The van der Waals surface area contributed by atoms with Crippen LogP contribution in [0.2, 0.25) is 0 Å². The molecule has 0 fully saturated rings. The van der Waals surface area contributed by atoms with Crippen LogP contribution in [0.5, 0.6) is 0 Å². The van der Waals surface area contributed by atoms with Gasteiger partial charge in [-0.3, -0.25) is 0 Å². The molecule has 0 aliphatic rings. The average molecular weight is 205 g/mol. The van der Waals surface area contributed by atoms with Crippen molar-refractivity contribution in [2.75, 3.05) is 0 Å². The van der Waals surface area contributed by atoms with E-state index in [4.69, 9.17) is 5.14 Å². The van der Waals surface area contributed by atoms with E-state index in [0.717, 1.165) is 0 Å². The highest BCUT2D eigenvalue weighted by Gasteiger charge is 2.16. The van der Waals surface area contributed by atoms with Gasteiger partial charge in [-0.25, -0.2) is 13.6 Å². The van der Waals surface area contributed by atoms with Crippen LogP contribution in [0.3, 0.4) is 0 Å². The monoisotopic (exact) mass is 205 g/mol. The summed E-state index contributed by atoms with van der Waals surface area (Å²) in [5, 5.41) is 13.8. The summed E-state index contributed by atoms with van der Waals surface area (Å²) in [4.78, 5) is 0. The maximum atomic E-state index is 10.8. The van der Waals surface area contributed by atoms with Crippen LogP contribution in [-0.4, -0.2) is 13.5 Å². The summed E-state index contributed by atoms with van der Waals surface area (Å²) in [6.07, 6.45) is 0.969. The number of hydrogen-bond donors (Lipinski definition) is 2. The minimum atomic E-state index is -3.80. The molecule has 0 aliphatic heterocycles. The molecule has 1 aromatic rings. The molecule has 74 valence electrons. The van der Waals surface area contributed by atoms with Crippen molar-refractivity contribution in [1.82, 2.24) is 0 Å². The van der Waals surface area contributed by atoms with Gasteiger partial charge in [0, 0.05) is 11.6 Å². The molecule has 0 saturated carbocycles. The normalized spacial score (nSPS) is 14.4. The first kappa shape index (κ1) is 10.2. The summed E-state index contributed by atoms with van der Waals surface area (Å²) in [7, 11) is -3.80. The van der Waals surface area contributed by atoms with Crippen LogP contribution >= 0.6 is 0 Å². The van der Waals surface area contributed by atoms with Crippen LogP contribution in [-0.2, 0) is 10.0 Å². The van der Waals surface area contributed by atoms with E-state index in [1.54, 1.807) is 6.92 Å². The molecule has 0 radical (unpaired) electrons. The second kappa shape index (κ2) is 3.49. The molecular weight excluding hydrogens is 194 g/mol. The summed E-state index contributed by atoms with van der Waals surface area (Å²) in [6.45, 7) is 1.77. The van der Waals surface area contributed by atoms with Crippen LogP contribution in [0.25, 0.3) is 0 Å². The Kier molecular flexibility index (Phi) is 2.74. The molecule has 1 heterocycles. The maximum absolute atomic E-state index is 10.8. The van der Waals surface area contributed by atoms with E-state index in [1.807, 2.05) is 0 Å². The van der Waals surface area contributed by atoms with Gasteiger partial charge in [0.15, 0.2) is 0 Å². The third-order valence-corrected chi connectivity index (χ3v) is 2.42. The lowest BCUT2D eigenvalue weighted by atomic mass is 10.1. The highest BCUT2D eigenvalue weighted by Crippen LogP contribution is 2.20. The maximum Gasteiger partial charge on any atom is 0.271 e. The van der Waals surface area contributed by atoms with Crippen molar-refractivity contribution in [3.63, 3.8) is 0 Å². The summed E-state index contributed by atoms with van der Waals surface area (Å²) < 4.78 is 26.2. The lowest BCUT2D eigenvalue weighted by Gasteiger charge is -2.01. The summed E-state index contributed by atoms with van der Waals surface area (Å²) >= 11 is 0. The second-order valence-electron chi connectivity index (χ2n) is 2.67. The molecule has 0 bridgehead atoms. The van der Waals surface area contributed by atoms with E-state index in [0.29, 0.717) is 12.0 Å². The van der Waals surface area contributed by atoms with E-state index < -0.39 is 16.1 Å². The van der Waals surface area contributed by atoms with Crippen molar-refractivity contribution >= 4 is 10.0 Å². The molecule has 6 heteroatoms. The Balaban J connectivity index is 3.00. The zero-order valence-corrected chi connectivity index (χ0v) is 7.91. The van der Waals surface area contributed by atoms with Crippen molar-refractivity contribution in [1.29, 1.82) is 0 Å². The fourth-order valence-corrected chi connectivity index (χ4v) is 1.37. The predicted molar refractivity (Wildman–Crippen MR) is 45.3 cm³/mol. The third kappa shape index (κ3) is 2.30. The number of rotatable bonds is 3. The van der Waals surface area contributed by atoms with Gasteiger partial charge < -0.3 is 9.52 Å². The number of primary sulfonamides is 1. The second-order valence-corrected chi connectivity index (χ2v) is 4.16. The van der Waals surface area contributed by atoms with Gasteiger partial charge in [-0.2, -0.15) is 0 Å². The standard InChI is InChI=1S/C7H11NO4S/c1-2-6(9)5-3-7(12-4-5)13(8,10)11/h3-4,6,9H,2H2,1H3,(H2,8,10,11). The molecule has 0 amide bonds. The van der Waals surface area contributed by atoms with Gasteiger partial charge in [-0.05, 0) is 6.42 Å². The summed E-state index contributed by atoms with van der Waals surface area (Å²) in [5.74, 6) is 0.